The molecule has 0 bridgehead atoms. The van der Waals surface area contributed by atoms with Crippen molar-refractivity contribution in [3.8, 4) is 0 Å². The molecule has 0 aromatic rings. The zero-order chi connectivity index (χ0) is 11.8. The first-order valence-corrected chi connectivity index (χ1v) is 5.96. The molecular formula is C11H22N2O3. The van der Waals surface area contributed by atoms with Gasteiger partial charge in [0.15, 0.2) is 0 Å². The van der Waals surface area contributed by atoms with Gasteiger partial charge in [0.2, 0.25) is 5.91 Å². The van der Waals surface area contributed by atoms with Crippen LogP contribution in [0.1, 0.15) is 26.2 Å². The second-order valence-corrected chi connectivity index (χ2v) is 4.05. The number of nitrogens with two attached hydrogens (primary N) is 1. The number of hydrogen-bond donors (Lipinski definition) is 2. The maximum atomic E-state index is 11.1. The molecule has 0 spiro atoms. The number of primary amides is 1. The number of carbonyl (C=O) groups excluding carboxylic acids is 1. The van der Waals surface area contributed by atoms with Crippen molar-refractivity contribution in [1.82, 2.24) is 5.32 Å². The first-order chi connectivity index (χ1) is 7.74. The number of hydrogen-bond acceptors (Lipinski definition) is 4. The summed E-state index contributed by atoms with van der Waals surface area (Å²) in [4.78, 5) is 11.1. The van der Waals surface area contributed by atoms with Gasteiger partial charge in [-0.1, -0.05) is 6.92 Å². The van der Waals surface area contributed by atoms with Gasteiger partial charge in [0.05, 0.1) is 18.8 Å². The second kappa shape index (κ2) is 7.60. The second-order valence-electron chi connectivity index (χ2n) is 4.05. The third-order valence-electron chi connectivity index (χ3n) is 2.63. The van der Waals surface area contributed by atoms with Gasteiger partial charge in [-0.2, -0.15) is 0 Å². The average molecular weight is 230 g/mol. The van der Waals surface area contributed by atoms with Gasteiger partial charge in [0.25, 0.3) is 0 Å². The van der Waals surface area contributed by atoms with E-state index in [4.69, 9.17) is 15.2 Å². The van der Waals surface area contributed by atoms with Gasteiger partial charge in [-0.25, -0.2) is 0 Å². The molecule has 0 radical (unpaired) electrons. The van der Waals surface area contributed by atoms with Crippen LogP contribution in [0.3, 0.4) is 0 Å². The lowest BCUT2D eigenvalue weighted by molar-refractivity contribution is -0.120. The van der Waals surface area contributed by atoms with E-state index in [2.05, 4.69) is 12.2 Å². The number of nitrogens with one attached hydrogen (secondary N) is 1. The predicted octanol–water partition coefficient (Wildman–Crippen LogP) is 0.0355. The van der Waals surface area contributed by atoms with Crippen LogP contribution in [0, 0.1) is 0 Å². The number of rotatable bonds is 8. The van der Waals surface area contributed by atoms with Crippen molar-refractivity contribution in [3.05, 3.63) is 0 Å². The highest BCUT2D eigenvalue weighted by Gasteiger charge is 2.18. The molecule has 0 aliphatic carbocycles. The minimum atomic E-state index is -0.306. The smallest absolute Gasteiger partial charge is 0.234 e. The fourth-order valence-corrected chi connectivity index (χ4v) is 1.66. The fourth-order valence-electron chi connectivity index (χ4n) is 1.66. The highest BCUT2D eigenvalue weighted by atomic mass is 16.5. The van der Waals surface area contributed by atoms with Crippen LogP contribution in [-0.4, -0.2) is 44.4 Å². The zero-order valence-corrected chi connectivity index (χ0v) is 9.91. The van der Waals surface area contributed by atoms with Gasteiger partial charge >= 0.3 is 0 Å². The first kappa shape index (κ1) is 13.4. The van der Waals surface area contributed by atoms with Gasteiger partial charge in [-0.15, -0.1) is 0 Å². The van der Waals surface area contributed by atoms with E-state index in [-0.39, 0.29) is 18.1 Å². The highest BCUT2D eigenvalue weighted by molar-refractivity contribution is 5.79. The van der Waals surface area contributed by atoms with Gasteiger partial charge in [-0.05, 0) is 25.8 Å². The van der Waals surface area contributed by atoms with Crippen molar-refractivity contribution in [2.45, 2.75) is 38.3 Å². The van der Waals surface area contributed by atoms with Crippen LogP contribution in [-0.2, 0) is 14.3 Å². The molecule has 1 aliphatic rings. The Labute approximate surface area is 96.7 Å². The van der Waals surface area contributed by atoms with E-state index in [0.717, 1.165) is 26.0 Å². The molecule has 2 unspecified atom stereocenters. The summed E-state index contributed by atoms with van der Waals surface area (Å²) in [5.74, 6) is -0.306. The zero-order valence-electron chi connectivity index (χ0n) is 9.91. The minimum absolute atomic E-state index is 0.194. The van der Waals surface area contributed by atoms with Crippen LogP contribution in [0.5, 0.6) is 0 Å². The van der Waals surface area contributed by atoms with Gasteiger partial charge in [0.1, 0.15) is 0 Å². The number of amides is 1. The van der Waals surface area contributed by atoms with Crippen LogP contribution in [0.25, 0.3) is 0 Å². The first-order valence-electron chi connectivity index (χ1n) is 5.96. The van der Waals surface area contributed by atoms with Crippen molar-refractivity contribution in [3.63, 3.8) is 0 Å². The molecule has 0 saturated carbocycles. The molecule has 94 valence electrons. The Bertz CT molecular complexity index is 205. The van der Waals surface area contributed by atoms with Gasteiger partial charge in [0, 0.05) is 13.2 Å². The lowest BCUT2D eigenvalue weighted by Gasteiger charge is -2.16. The lowest BCUT2D eigenvalue weighted by Crippen LogP contribution is -2.42. The summed E-state index contributed by atoms with van der Waals surface area (Å²) in [5.41, 5.74) is 5.29. The third kappa shape index (κ3) is 4.92. The molecule has 1 rings (SSSR count). The predicted molar refractivity (Wildman–Crippen MR) is 61.1 cm³/mol. The summed E-state index contributed by atoms with van der Waals surface area (Å²) in [6, 6.07) is -0.276. The van der Waals surface area contributed by atoms with E-state index in [9.17, 15) is 4.79 Å². The average Bonchev–Trinajstić information content (AvgIpc) is 2.75. The molecule has 5 nitrogen and oxygen atoms in total. The Morgan fingerprint density at radius 3 is 3.06 bits per heavy atom. The molecule has 1 amide bonds. The molecule has 1 aliphatic heterocycles. The highest BCUT2D eigenvalue weighted by Crippen LogP contribution is 2.08. The summed E-state index contributed by atoms with van der Waals surface area (Å²) in [5, 5.41) is 3.11. The number of carbonyl (C=O) groups is 1. The summed E-state index contributed by atoms with van der Waals surface area (Å²) in [7, 11) is 0. The van der Waals surface area contributed by atoms with Crippen molar-refractivity contribution >= 4 is 5.91 Å². The molecule has 0 aromatic carbocycles. The van der Waals surface area contributed by atoms with E-state index in [0.29, 0.717) is 19.6 Å². The van der Waals surface area contributed by atoms with Crippen LogP contribution >= 0.6 is 0 Å². The van der Waals surface area contributed by atoms with E-state index >= 15 is 0 Å². The Morgan fingerprint density at radius 1 is 1.69 bits per heavy atom. The third-order valence-corrected chi connectivity index (χ3v) is 2.63. The van der Waals surface area contributed by atoms with Gasteiger partial charge < -0.3 is 20.5 Å². The van der Waals surface area contributed by atoms with E-state index in [1.165, 1.54) is 0 Å². The normalized spacial score (nSPS) is 22.2. The Balaban J connectivity index is 2.13. The minimum Gasteiger partial charge on any atom is -0.379 e. The van der Waals surface area contributed by atoms with Gasteiger partial charge in [-0.3, -0.25) is 4.79 Å². The topological polar surface area (TPSA) is 73.6 Å². The summed E-state index contributed by atoms with van der Waals surface area (Å²) >= 11 is 0. The molecular weight excluding hydrogens is 208 g/mol. The maximum Gasteiger partial charge on any atom is 0.234 e. The van der Waals surface area contributed by atoms with E-state index in [1.807, 2.05) is 0 Å². The summed E-state index contributed by atoms with van der Waals surface area (Å²) in [6.45, 7) is 4.86. The molecule has 1 heterocycles. The molecule has 1 fully saturated rings. The summed E-state index contributed by atoms with van der Waals surface area (Å²) < 4.78 is 10.8. The quantitative estimate of drug-likeness (QED) is 0.617. The molecule has 0 aromatic heterocycles. The molecule has 3 N–H and O–H groups in total. The van der Waals surface area contributed by atoms with Crippen molar-refractivity contribution < 1.29 is 14.3 Å². The summed E-state index contributed by atoms with van der Waals surface area (Å²) in [6.07, 6.45) is 2.76. The van der Waals surface area contributed by atoms with Crippen LogP contribution in [0.15, 0.2) is 0 Å². The van der Waals surface area contributed by atoms with E-state index < -0.39 is 0 Å². The van der Waals surface area contributed by atoms with Crippen molar-refractivity contribution in [1.29, 1.82) is 0 Å². The van der Waals surface area contributed by atoms with Crippen LogP contribution in [0.2, 0.25) is 0 Å². The number of ether oxygens (including phenoxy) is 2. The van der Waals surface area contributed by atoms with Crippen LogP contribution < -0.4 is 11.1 Å². The molecule has 2 atom stereocenters. The van der Waals surface area contributed by atoms with Crippen molar-refractivity contribution in [2.75, 3.05) is 26.4 Å². The Hall–Kier alpha value is -0.650. The molecule has 16 heavy (non-hydrogen) atoms. The maximum absolute atomic E-state index is 11.1. The monoisotopic (exact) mass is 230 g/mol. The van der Waals surface area contributed by atoms with Crippen LogP contribution in [0.4, 0.5) is 0 Å². The molecule has 5 heteroatoms. The molecule has 1 saturated heterocycles. The fraction of sp³-hybridized carbons (Fsp3) is 0.909. The lowest BCUT2D eigenvalue weighted by atomic mass is 10.2. The SMILES string of the molecule is CCCNC(CCOC1CCOC1)C(N)=O. The standard InChI is InChI=1S/C11H22N2O3/c1-2-5-13-10(11(12)14)4-7-16-9-3-6-15-8-9/h9-10,13H,2-8H2,1H3,(H2,12,14). The van der Waals surface area contributed by atoms with E-state index in [1.54, 1.807) is 0 Å². The Kier molecular flexibility index (Phi) is 6.37. The largest absolute Gasteiger partial charge is 0.379 e. The van der Waals surface area contributed by atoms with Crippen molar-refractivity contribution in [2.24, 2.45) is 5.73 Å². The Morgan fingerprint density at radius 2 is 2.50 bits per heavy atom.